The summed E-state index contributed by atoms with van der Waals surface area (Å²) < 4.78 is 26.2. The molecule has 0 bridgehead atoms. The smallest absolute Gasteiger partial charge is 0.207 e. The first-order valence-electron chi connectivity index (χ1n) is 6.55. The first-order chi connectivity index (χ1) is 8.93. The molecule has 108 valence electrons. The molecule has 1 aromatic rings. The zero-order valence-electron chi connectivity index (χ0n) is 11.8. The normalized spacial score (nSPS) is 12.1. The summed E-state index contributed by atoms with van der Waals surface area (Å²) in [6, 6.07) is 5.13. The predicted octanol–water partition coefficient (Wildman–Crippen LogP) is 3.54. The molecule has 0 aliphatic heterocycles. The molecule has 5 heteroatoms. The van der Waals surface area contributed by atoms with Crippen molar-refractivity contribution in [3.63, 3.8) is 0 Å². The molecule has 3 nitrogen and oxygen atoms in total. The first kappa shape index (κ1) is 16.5. The van der Waals surface area contributed by atoms with Crippen LogP contribution in [0.15, 0.2) is 23.1 Å². The molecule has 19 heavy (non-hydrogen) atoms. The Hall–Kier alpha value is -0.580. The third-order valence-electron chi connectivity index (χ3n) is 3.25. The molecule has 1 rings (SSSR count). The van der Waals surface area contributed by atoms with Gasteiger partial charge in [0.05, 0.1) is 4.90 Å². The highest BCUT2D eigenvalue weighted by molar-refractivity contribution is 7.89. The van der Waals surface area contributed by atoms with Crippen LogP contribution in [0.3, 0.4) is 0 Å². The molecule has 0 saturated heterocycles. The van der Waals surface area contributed by atoms with Gasteiger partial charge in [-0.25, -0.2) is 12.7 Å². The third kappa shape index (κ3) is 4.20. The summed E-state index contributed by atoms with van der Waals surface area (Å²) >= 11 is 5.83. The van der Waals surface area contributed by atoms with Crippen LogP contribution in [0.25, 0.3) is 0 Å². The number of hydrogen-bond donors (Lipinski definition) is 0. The van der Waals surface area contributed by atoms with Crippen molar-refractivity contribution in [3.05, 3.63) is 29.3 Å². The number of unbranched alkanes of at least 4 members (excludes halogenated alkanes) is 2. The molecule has 0 N–H and O–H groups in total. The largest absolute Gasteiger partial charge is 0.242 e. The number of aryl methyl sites for hydroxylation is 1. The van der Waals surface area contributed by atoms with Crippen molar-refractivity contribution in [1.29, 1.82) is 0 Å². The fourth-order valence-electron chi connectivity index (χ4n) is 1.84. The minimum atomic E-state index is -3.39. The summed E-state index contributed by atoms with van der Waals surface area (Å²) in [5.41, 5.74) is 1.88. The Morgan fingerprint density at radius 2 is 1.95 bits per heavy atom. The molecule has 0 aliphatic carbocycles. The van der Waals surface area contributed by atoms with Crippen LogP contribution >= 0.6 is 11.6 Å². The van der Waals surface area contributed by atoms with Crippen molar-refractivity contribution < 1.29 is 8.42 Å². The minimum Gasteiger partial charge on any atom is -0.207 e. The van der Waals surface area contributed by atoms with E-state index in [1.165, 1.54) is 4.31 Å². The summed E-state index contributed by atoms with van der Waals surface area (Å²) in [7, 11) is -1.76. The molecular formula is C14H22ClNO2S. The highest BCUT2D eigenvalue weighted by Crippen LogP contribution is 2.20. The summed E-state index contributed by atoms with van der Waals surface area (Å²) in [4.78, 5) is 0.327. The topological polar surface area (TPSA) is 37.4 Å². The van der Waals surface area contributed by atoms with Crippen LogP contribution in [0.2, 0.25) is 0 Å². The SMILES string of the molecule is CCCCCN(C)S(=O)(=O)c1ccc(C)c(CCl)c1. The van der Waals surface area contributed by atoms with Crippen LogP contribution in [-0.2, 0) is 15.9 Å². The summed E-state index contributed by atoms with van der Waals surface area (Å²) in [5.74, 6) is 0.328. The zero-order valence-corrected chi connectivity index (χ0v) is 13.4. The number of benzene rings is 1. The number of hydrogen-bond acceptors (Lipinski definition) is 2. The molecule has 0 fully saturated rings. The Kier molecular flexibility index (Phi) is 6.30. The van der Waals surface area contributed by atoms with Crippen LogP contribution in [-0.4, -0.2) is 26.3 Å². The van der Waals surface area contributed by atoms with Gasteiger partial charge in [0.2, 0.25) is 10.0 Å². The van der Waals surface area contributed by atoms with Gasteiger partial charge in [-0.15, -0.1) is 11.6 Å². The second-order valence-corrected chi connectivity index (χ2v) is 7.07. The Labute approximate surface area is 121 Å². The van der Waals surface area contributed by atoms with Gasteiger partial charge in [-0.1, -0.05) is 25.8 Å². The van der Waals surface area contributed by atoms with Gasteiger partial charge < -0.3 is 0 Å². The molecule has 0 saturated carbocycles. The molecule has 0 aromatic heterocycles. The van der Waals surface area contributed by atoms with E-state index in [0.717, 1.165) is 30.4 Å². The quantitative estimate of drug-likeness (QED) is 0.570. The van der Waals surface area contributed by atoms with Crippen LogP contribution in [0.5, 0.6) is 0 Å². The van der Waals surface area contributed by atoms with Crippen molar-refractivity contribution in [1.82, 2.24) is 4.31 Å². The van der Waals surface area contributed by atoms with E-state index < -0.39 is 10.0 Å². The lowest BCUT2D eigenvalue weighted by Gasteiger charge is -2.17. The third-order valence-corrected chi connectivity index (χ3v) is 5.39. The fraction of sp³-hybridized carbons (Fsp3) is 0.571. The van der Waals surface area contributed by atoms with E-state index >= 15 is 0 Å². The summed E-state index contributed by atoms with van der Waals surface area (Å²) in [6.07, 6.45) is 3.01. The lowest BCUT2D eigenvalue weighted by molar-refractivity contribution is 0.454. The van der Waals surface area contributed by atoms with E-state index in [0.29, 0.717) is 17.3 Å². The molecule has 0 amide bonds. The number of alkyl halides is 1. The van der Waals surface area contributed by atoms with Crippen molar-refractivity contribution in [2.45, 2.75) is 43.9 Å². The van der Waals surface area contributed by atoms with Crippen molar-refractivity contribution >= 4 is 21.6 Å². The van der Waals surface area contributed by atoms with Gasteiger partial charge in [0, 0.05) is 19.5 Å². The highest BCUT2D eigenvalue weighted by atomic mass is 35.5. The average Bonchev–Trinajstić information content (AvgIpc) is 2.39. The molecule has 0 spiro atoms. The maximum absolute atomic E-state index is 12.4. The van der Waals surface area contributed by atoms with Gasteiger partial charge in [-0.2, -0.15) is 0 Å². The standard InChI is InChI=1S/C14H22ClNO2S/c1-4-5-6-9-16(3)19(17,18)14-8-7-12(2)13(10-14)11-15/h7-8,10H,4-6,9,11H2,1-3H3. The zero-order chi connectivity index (χ0) is 14.5. The monoisotopic (exact) mass is 303 g/mol. The highest BCUT2D eigenvalue weighted by Gasteiger charge is 2.20. The lowest BCUT2D eigenvalue weighted by Crippen LogP contribution is -2.28. The van der Waals surface area contributed by atoms with Crippen molar-refractivity contribution in [3.8, 4) is 0 Å². The molecule has 0 aliphatic rings. The van der Waals surface area contributed by atoms with E-state index in [4.69, 9.17) is 11.6 Å². The minimum absolute atomic E-state index is 0.327. The van der Waals surface area contributed by atoms with E-state index in [-0.39, 0.29) is 0 Å². The van der Waals surface area contributed by atoms with E-state index in [2.05, 4.69) is 6.92 Å². The maximum Gasteiger partial charge on any atom is 0.242 e. The van der Waals surface area contributed by atoms with Crippen LogP contribution in [0, 0.1) is 6.92 Å². The molecule has 0 radical (unpaired) electrons. The number of sulfonamides is 1. The Morgan fingerprint density at radius 1 is 1.26 bits per heavy atom. The van der Waals surface area contributed by atoms with Crippen LogP contribution < -0.4 is 0 Å². The second kappa shape index (κ2) is 7.27. The Bertz CT molecular complexity index is 514. The van der Waals surface area contributed by atoms with Crippen molar-refractivity contribution in [2.75, 3.05) is 13.6 Å². The van der Waals surface area contributed by atoms with Gasteiger partial charge in [-0.3, -0.25) is 0 Å². The van der Waals surface area contributed by atoms with E-state index in [9.17, 15) is 8.42 Å². The van der Waals surface area contributed by atoms with Crippen LogP contribution in [0.1, 0.15) is 37.3 Å². The number of halogens is 1. The lowest BCUT2D eigenvalue weighted by atomic mass is 10.1. The van der Waals surface area contributed by atoms with Crippen LogP contribution in [0.4, 0.5) is 0 Å². The van der Waals surface area contributed by atoms with Gasteiger partial charge in [0.15, 0.2) is 0 Å². The molecule has 0 heterocycles. The summed E-state index contributed by atoms with van der Waals surface area (Å²) in [5, 5.41) is 0. The van der Waals surface area contributed by atoms with Gasteiger partial charge >= 0.3 is 0 Å². The fourth-order valence-corrected chi connectivity index (χ4v) is 3.39. The molecule has 1 aromatic carbocycles. The van der Waals surface area contributed by atoms with Gasteiger partial charge in [0.25, 0.3) is 0 Å². The molecule has 0 unspecified atom stereocenters. The Balaban J connectivity index is 2.93. The Morgan fingerprint density at radius 3 is 2.53 bits per heavy atom. The predicted molar refractivity (Wildman–Crippen MR) is 80.1 cm³/mol. The molecule has 0 atom stereocenters. The van der Waals surface area contributed by atoms with Gasteiger partial charge in [-0.05, 0) is 36.6 Å². The summed E-state index contributed by atoms with van der Waals surface area (Å²) in [6.45, 7) is 4.58. The van der Waals surface area contributed by atoms with Gasteiger partial charge in [0.1, 0.15) is 0 Å². The average molecular weight is 304 g/mol. The number of nitrogens with zero attached hydrogens (tertiary/aromatic N) is 1. The number of rotatable bonds is 7. The van der Waals surface area contributed by atoms with E-state index in [1.54, 1.807) is 19.2 Å². The maximum atomic E-state index is 12.4. The molecular weight excluding hydrogens is 282 g/mol. The second-order valence-electron chi connectivity index (χ2n) is 4.76. The van der Waals surface area contributed by atoms with Crippen molar-refractivity contribution in [2.24, 2.45) is 0 Å². The first-order valence-corrected chi connectivity index (χ1v) is 8.52. The van der Waals surface area contributed by atoms with E-state index in [1.807, 2.05) is 13.0 Å².